The molecule has 0 heterocycles. The second kappa shape index (κ2) is 6.68. The zero-order chi connectivity index (χ0) is 8.69. The maximum Gasteiger partial charge on any atom is 0.302 e. The third-order valence-electron chi connectivity index (χ3n) is 0.800. The molecule has 2 unspecified atom stereocenters. The van der Waals surface area contributed by atoms with Crippen LogP contribution in [0.5, 0.6) is 0 Å². The summed E-state index contributed by atoms with van der Waals surface area (Å²) in [5, 5.41) is 0. The molecule has 0 bridgehead atoms. The van der Waals surface area contributed by atoms with Crippen molar-refractivity contribution in [2.45, 2.75) is 13.0 Å². The average Bonchev–Trinajstić information content (AvgIpc) is 1.86. The van der Waals surface area contributed by atoms with Crippen molar-refractivity contribution in [3.63, 3.8) is 0 Å². The van der Waals surface area contributed by atoms with Crippen LogP contribution >= 0.6 is 0 Å². The minimum Gasteiger partial charge on any atom is -0.359 e. The molecule has 0 aromatic carbocycles. The number of hydrogen-bond acceptors (Lipinski definition) is 4. The molecular formula is C5H12O5S. The molecular weight excluding hydrogens is 172 g/mol. The first-order chi connectivity index (χ1) is 5.16. The monoisotopic (exact) mass is 184 g/mol. The summed E-state index contributed by atoms with van der Waals surface area (Å²) in [5.41, 5.74) is 0. The molecule has 0 aliphatic heterocycles. The van der Waals surface area contributed by atoms with Crippen LogP contribution < -0.4 is 0 Å². The summed E-state index contributed by atoms with van der Waals surface area (Å²) >= 11 is -2.22. The predicted octanol–water partition coefficient (Wildman–Crippen LogP) is 0.149. The Morgan fingerprint density at radius 1 is 1.64 bits per heavy atom. The second-order valence-corrected chi connectivity index (χ2v) is 2.53. The van der Waals surface area contributed by atoms with E-state index in [0.29, 0.717) is 0 Å². The molecule has 0 saturated carbocycles. The van der Waals surface area contributed by atoms with Gasteiger partial charge in [-0.05, 0) is 6.92 Å². The Morgan fingerprint density at radius 3 is 2.73 bits per heavy atom. The molecule has 0 spiro atoms. The maximum atomic E-state index is 10.0. The van der Waals surface area contributed by atoms with Gasteiger partial charge in [0, 0.05) is 7.11 Å². The zero-order valence-electron chi connectivity index (χ0n) is 6.48. The molecule has 0 aromatic heterocycles. The minimum atomic E-state index is -2.22. The standard InChI is InChI=1S/C5H12O5S/c1-5(10-11(6)7)3-9-4-8-2/h5H,3-4H2,1-2H3,(H,6,7). The molecule has 5 nitrogen and oxygen atoms in total. The summed E-state index contributed by atoms with van der Waals surface area (Å²) < 4.78 is 32.2. The van der Waals surface area contributed by atoms with Gasteiger partial charge in [0.15, 0.2) is 0 Å². The van der Waals surface area contributed by atoms with Crippen LogP contribution in [-0.2, 0) is 25.0 Å². The van der Waals surface area contributed by atoms with E-state index in [1.165, 1.54) is 7.11 Å². The van der Waals surface area contributed by atoms with Crippen LogP contribution in [0.4, 0.5) is 0 Å². The first kappa shape index (κ1) is 11.0. The third-order valence-corrected chi connectivity index (χ3v) is 1.29. The number of methoxy groups -OCH3 is 1. The van der Waals surface area contributed by atoms with Gasteiger partial charge in [-0.3, -0.25) is 8.74 Å². The molecule has 0 amide bonds. The molecule has 1 N–H and O–H groups in total. The molecule has 0 radical (unpaired) electrons. The van der Waals surface area contributed by atoms with Gasteiger partial charge >= 0.3 is 11.4 Å². The van der Waals surface area contributed by atoms with Crippen LogP contribution in [0.15, 0.2) is 0 Å². The van der Waals surface area contributed by atoms with E-state index >= 15 is 0 Å². The van der Waals surface area contributed by atoms with E-state index in [-0.39, 0.29) is 13.4 Å². The fraction of sp³-hybridized carbons (Fsp3) is 1.00. The van der Waals surface area contributed by atoms with Crippen LogP contribution in [0.2, 0.25) is 0 Å². The van der Waals surface area contributed by atoms with Gasteiger partial charge in [-0.15, -0.1) is 0 Å². The van der Waals surface area contributed by atoms with E-state index < -0.39 is 17.5 Å². The maximum absolute atomic E-state index is 10.0. The molecule has 11 heavy (non-hydrogen) atoms. The van der Waals surface area contributed by atoms with Crippen molar-refractivity contribution in [3.05, 3.63) is 0 Å². The van der Waals surface area contributed by atoms with Gasteiger partial charge < -0.3 is 9.47 Å². The van der Waals surface area contributed by atoms with Crippen molar-refractivity contribution in [1.29, 1.82) is 0 Å². The van der Waals surface area contributed by atoms with Gasteiger partial charge in [-0.25, -0.2) is 0 Å². The second-order valence-electron chi connectivity index (χ2n) is 1.90. The quantitative estimate of drug-likeness (QED) is 0.361. The lowest BCUT2D eigenvalue weighted by atomic mass is 10.5. The van der Waals surface area contributed by atoms with E-state index in [1.54, 1.807) is 6.92 Å². The SMILES string of the molecule is COCOCC(C)OS(=O)O. The average molecular weight is 184 g/mol. The normalized spacial score (nSPS) is 16.3. The Balaban J connectivity index is 3.22. The molecule has 0 saturated heterocycles. The van der Waals surface area contributed by atoms with Gasteiger partial charge in [0.1, 0.15) is 6.79 Å². The zero-order valence-corrected chi connectivity index (χ0v) is 7.30. The van der Waals surface area contributed by atoms with Gasteiger partial charge in [0.05, 0.1) is 12.7 Å². The number of ether oxygens (including phenoxy) is 2. The van der Waals surface area contributed by atoms with Crippen molar-refractivity contribution < 1.29 is 22.4 Å². The van der Waals surface area contributed by atoms with E-state index in [0.717, 1.165) is 0 Å². The highest BCUT2D eigenvalue weighted by atomic mass is 32.2. The molecule has 68 valence electrons. The summed E-state index contributed by atoms with van der Waals surface area (Å²) in [6.07, 6.45) is -0.406. The summed E-state index contributed by atoms with van der Waals surface area (Å²) in [5.74, 6) is 0. The third kappa shape index (κ3) is 7.89. The topological polar surface area (TPSA) is 65.0 Å². The van der Waals surface area contributed by atoms with Crippen molar-refractivity contribution in [1.82, 2.24) is 0 Å². The molecule has 0 aliphatic rings. The van der Waals surface area contributed by atoms with Gasteiger partial charge in [-0.2, -0.15) is 4.21 Å². The molecule has 0 rings (SSSR count). The molecule has 0 aromatic rings. The van der Waals surface area contributed by atoms with Gasteiger partial charge in [0.25, 0.3) is 0 Å². The summed E-state index contributed by atoms with van der Waals surface area (Å²) in [7, 11) is 1.50. The highest BCUT2D eigenvalue weighted by Crippen LogP contribution is 1.93. The minimum absolute atomic E-state index is 0.158. The molecule has 6 heteroatoms. The summed E-state index contributed by atoms with van der Waals surface area (Å²) in [6, 6.07) is 0. The highest BCUT2D eigenvalue weighted by Gasteiger charge is 2.04. The molecule has 2 atom stereocenters. The van der Waals surface area contributed by atoms with Crippen molar-refractivity contribution in [2.75, 3.05) is 20.5 Å². The largest absolute Gasteiger partial charge is 0.359 e. The van der Waals surface area contributed by atoms with Crippen LogP contribution in [0.3, 0.4) is 0 Å². The Morgan fingerprint density at radius 2 is 2.27 bits per heavy atom. The Labute approximate surface area is 68.1 Å². The van der Waals surface area contributed by atoms with Crippen LogP contribution in [0.25, 0.3) is 0 Å². The van der Waals surface area contributed by atoms with Crippen molar-refractivity contribution in [2.24, 2.45) is 0 Å². The molecule has 0 aliphatic carbocycles. The van der Waals surface area contributed by atoms with Gasteiger partial charge in [-0.1, -0.05) is 0 Å². The number of rotatable bonds is 6. The van der Waals surface area contributed by atoms with Crippen LogP contribution in [0, 0.1) is 0 Å². The van der Waals surface area contributed by atoms with E-state index in [2.05, 4.69) is 8.92 Å². The van der Waals surface area contributed by atoms with Crippen LogP contribution in [0.1, 0.15) is 6.92 Å². The van der Waals surface area contributed by atoms with Crippen molar-refractivity contribution >= 4 is 11.4 Å². The lowest BCUT2D eigenvalue weighted by molar-refractivity contribution is -0.0526. The van der Waals surface area contributed by atoms with E-state index in [4.69, 9.17) is 9.29 Å². The summed E-state index contributed by atoms with van der Waals surface area (Å²) in [4.78, 5) is 0. The van der Waals surface area contributed by atoms with Crippen LogP contribution in [-0.4, -0.2) is 35.4 Å². The van der Waals surface area contributed by atoms with E-state index in [9.17, 15) is 4.21 Å². The fourth-order valence-corrected chi connectivity index (χ4v) is 0.802. The van der Waals surface area contributed by atoms with Crippen molar-refractivity contribution in [3.8, 4) is 0 Å². The molecule has 0 fully saturated rings. The highest BCUT2D eigenvalue weighted by molar-refractivity contribution is 7.74. The Kier molecular flexibility index (Phi) is 6.68. The Bertz CT molecular complexity index is 117. The lowest BCUT2D eigenvalue weighted by Gasteiger charge is -2.08. The Hall–Kier alpha value is -0.0100. The predicted molar refractivity (Wildman–Crippen MR) is 39.1 cm³/mol. The first-order valence-electron chi connectivity index (χ1n) is 3.01. The fourth-order valence-electron chi connectivity index (χ4n) is 0.466. The smallest absolute Gasteiger partial charge is 0.302 e. The number of hydrogen-bond donors (Lipinski definition) is 1. The first-order valence-corrected chi connectivity index (χ1v) is 4.04. The lowest BCUT2D eigenvalue weighted by Crippen LogP contribution is -2.17. The van der Waals surface area contributed by atoms with E-state index in [1.807, 2.05) is 0 Å². The van der Waals surface area contributed by atoms with Gasteiger partial charge in [0.2, 0.25) is 0 Å². The summed E-state index contributed by atoms with van der Waals surface area (Å²) in [6.45, 7) is 2.02.